The molecule has 0 saturated carbocycles. The summed E-state index contributed by atoms with van der Waals surface area (Å²) in [4.78, 5) is 0. The molecule has 1 unspecified atom stereocenters. The Labute approximate surface area is 246 Å². The Hall–Kier alpha value is -2.81. The highest BCUT2D eigenvalue weighted by Gasteiger charge is 2.18. The first kappa shape index (κ1) is 31.1. The van der Waals surface area contributed by atoms with Gasteiger partial charge in [0, 0.05) is 11.1 Å². The first-order chi connectivity index (χ1) is 20.0. The molecule has 0 N–H and O–H groups in total. The van der Waals surface area contributed by atoms with Crippen molar-refractivity contribution in [2.75, 3.05) is 0 Å². The summed E-state index contributed by atoms with van der Waals surface area (Å²) < 4.78 is 45.1. The summed E-state index contributed by atoms with van der Waals surface area (Å²) in [7, 11) is 0. The maximum Gasteiger partial charge on any atom is 0.166 e. The Morgan fingerprint density at radius 1 is 0.634 bits per heavy atom. The van der Waals surface area contributed by atoms with Crippen molar-refractivity contribution in [3.05, 3.63) is 89.3 Å². The van der Waals surface area contributed by atoms with Gasteiger partial charge in [-0.05, 0) is 71.9 Å². The highest BCUT2D eigenvalue weighted by atomic mass is 19.2. The predicted molar refractivity (Wildman–Crippen MR) is 168 cm³/mol. The van der Waals surface area contributed by atoms with Gasteiger partial charge < -0.3 is 0 Å². The lowest BCUT2D eigenvalue weighted by Crippen LogP contribution is -2.06. The Morgan fingerprint density at radius 2 is 1.27 bits per heavy atom. The van der Waals surface area contributed by atoms with E-state index in [0.29, 0.717) is 23.1 Å². The molecule has 41 heavy (non-hydrogen) atoms. The third-order valence-corrected chi connectivity index (χ3v) is 8.79. The van der Waals surface area contributed by atoms with Gasteiger partial charge in [0.25, 0.3) is 0 Å². The molecule has 220 valence electrons. The molecular weight excluding hydrogens is 513 g/mol. The second-order valence-electron chi connectivity index (χ2n) is 11.9. The maximum atomic E-state index is 15.2. The van der Waals surface area contributed by atoms with E-state index in [-0.39, 0.29) is 11.4 Å². The molecule has 0 spiro atoms. The van der Waals surface area contributed by atoms with E-state index < -0.39 is 11.6 Å². The largest absolute Gasteiger partial charge is 0.206 e. The van der Waals surface area contributed by atoms with Crippen LogP contribution >= 0.6 is 0 Å². The van der Waals surface area contributed by atoms with Crippen LogP contribution in [0.5, 0.6) is 0 Å². The topological polar surface area (TPSA) is 0 Å². The van der Waals surface area contributed by atoms with Crippen LogP contribution in [0.1, 0.15) is 115 Å². The van der Waals surface area contributed by atoms with Gasteiger partial charge in [-0.2, -0.15) is 0 Å². The summed E-state index contributed by atoms with van der Waals surface area (Å²) in [5, 5.41) is 0. The van der Waals surface area contributed by atoms with Gasteiger partial charge in [-0.3, -0.25) is 0 Å². The lowest BCUT2D eigenvalue weighted by atomic mass is 9.83. The summed E-state index contributed by atoms with van der Waals surface area (Å²) in [6.45, 7) is 4.44. The van der Waals surface area contributed by atoms with Crippen LogP contribution in [0.4, 0.5) is 13.2 Å². The Bertz CT molecular complexity index is 1270. The average Bonchev–Trinajstić information content (AvgIpc) is 2.99. The SMILES string of the molecule is CCCCCCCCCc1ccc(-c2ccc(-c3ccc(C4=CCC(CCCCC)CC4)c(F)c3)cc2)c(F)c1F. The predicted octanol–water partition coefficient (Wildman–Crippen LogP) is 12.5. The van der Waals surface area contributed by atoms with Gasteiger partial charge in [-0.15, -0.1) is 0 Å². The number of rotatable bonds is 15. The van der Waals surface area contributed by atoms with Crippen molar-refractivity contribution in [3.8, 4) is 22.3 Å². The molecule has 0 aromatic heterocycles. The minimum Gasteiger partial charge on any atom is -0.206 e. The van der Waals surface area contributed by atoms with Gasteiger partial charge in [0.05, 0.1) is 0 Å². The van der Waals surface area contributed by atoms with Gasteiger partial charge in [0.1, 0.15) is 5.82 Å². The van der Waals surface area contributed by atoms with Crippen LogP contribution in [0.25, 0.3) is 27.8 Å². The molecule has 0 heterocycles. The van der Waals surface area contributed by atoms with Crippen LogP contribution < -0.4 is 0 Å². The first-order valence-electron chi connectivity index (χ1n) is 16.1. The van der Waals surface area contributed by atoms with Gasteiger partial charge in [0.2, 0.25) is 0 Å². The van der Waals surface area contributed by atoms with E-state index in [4.69, 9.17) is 0 Å². The number of hydrogen-bond acceptors (Lipinski definition) is 0. The molecule has 4 rings (SSSR count). The lowest BCUT2D eigenvalue weighted by Gasteiger charge is -2.22. The molecule has 0 nitrogen and oxygen atoms in total. The summed E-state index contributed by atoms with van der Waals surface area (Å²) >= 11 is 0. The molecule has 0 fully saturated rings. The Morgan fingerprint density at radius 3 is 1.95 bits per heavy atom. The quantitative estimate of drug-likeness (QED) is 0.162. The molecule has 0 saturated heterocycles. The van der Waals surface area contributed by atoms with Crippen LogP contribution in [0, 0.1) is 23.4 Å². The highest BCUT2D eigenvalue weighted by Crippen LogP contribution is 2.36. The molecule has 1 atom stereocenters. The lowest BCUT2D eigenvalue weighted by molar-refractivity contribution is 0.427. The van der Waals surface area contributed by atoms with Gasteiger partial charge in [0.15, 0.2) is 11.6 Å². The molecule has 1 aliphatic rings. The summed E-state index contributed by atoms with van der Waals surface area (Å²) in [5.74, 6) is -1.00. The molecule has 3 aromatic rings. The van der Waals surface area contributed by atoms with Crippen molar-refractivity contribution in [2.45, 2.75) is 110 Å². The molecule has 3 aromatic carbocycles. The van der Waals surface area contributed by atoms with Gasteiger partial charge in [-0.1, -0.05) is 133 Å². The number of unbranched alkanes of at least 4 members (excludes halogenated alkanes) is 8. The monoisotopic (exact) mass is 560 g/mol. The number of allylic oxidation sites excluding steroid dienone is 2. The van der Waals surface area contributed by atoms with E-state index >= 15 is 8.78 Å². The number of hydrogen-bond donors (Lipinski definition) is 0. The number of benzene rings is 3. The highest BCUT2D eigenvalue weighted by molar-refractivity contribution is 5.74. The molecule has 0 amide bonds. The molecule has 3 heteroatoms. The van der Waals surface area contributed by atoms with E-state index in [0.717, 1.165) is 61.1 Å². The van der Waals surface area contributed by atoms with E-state index in [1.807, 2.05) is 24.3 Å². The van der Waals surface area contributed by atoms with Crippen LogP contribution in [0.2, 0.25) is 0 Å². The van der Waals surface area contributed by atoms with Crippen molar-refractivity contribution >= 4 is 5.57 Å². The average molecular weight is 561 g/mol. The fourth-order valence-electron chi connectivity index (χ4n) is 6.15. The van der Waals surface area contributed by atoms with Gasteiger partial charge >= 0.3 is 0 Å². The van der Waals surface area contributed by atoms with Crippen molar-refractivity contribution in [3.63, 3.8) is 0 Å². The Kier molecular flexibility index (Phi) is 12.1. The van der Waals surface area contributed by atoms with E-state index in [9.17, 15) is 4.39 Å². The van der Waals surface area contributed by atoms with Crippen LogP contribution in [-0.4, -0.2) is 0 Å². The van der Waals surface area contributed by atoms with E-state index in [1.165, 1.54) is 51.4 Å². The second-order valence-corrected chi connectivity index (χ2v) is 11.9. The molecule has 0 aliphatic heterocycles. The maximum absolute atomic E-state index is 15.2. The van der Waals surface area contributed by atoms with Crippen molar-refractivity contribution in [2.24, 2.45) is 5.92 Å². The minimum absolute atomic E-state index is 0.202. The third-order valence-electron chi connectivity index (χ3n) is 8.79. The van der Waals surface area contributed by atoms with E-state index in [2.05, 4.69) is 19.9 Å². The van der Waals surface area contributed by atoms with Crippen molar-refractivity contribution in [1.82, 2.24) is 0 Å². The number of aryl methyl sites for hydroxylation is 1. The standard InChI is InChI=1S/C38H47F3/c1-3-5-7-8-9-10-12-14-32-23-26-35(38(41)37(32)40)31-21-19-29(20-22-31)33-24-25-34(36(39)27-33)30-17-15-28(16-18-30)13-11-6-4-2/h17,19-28H,3-16,18H2,1-2H3. The molecule has 0 bridgehead atoms. The molecule has 1 aliphatic carbocycles. The minimum atomic E-state index is -0.790. The Balaban J connectivity index is 1.37. The zero-order valence-electron chi connectivity index (χ0n) is 25.1. The number of halogens is 3. The van der Waals surface area contributed by atoms with Crippen molar-refractivity contribution in [1.29, 1.82) is 0 Å². The second kappa shape index (κ2) is 16.0. The molecular formula is C38H47F3. The fraction of sp³-hybridized carbons (Fsp3) is 0.474. The van der Waals surface area contributed by atoms with Gasteiger partial charge in [-0.25, -0.2) is 13.2 Å². The zero-order chi connectivity index (χ0) is 29.0. The smallest absolute Gasteiger partial charge is 0.166 e. The van der Waals surface area contributed by atoms with E-state index in [1.54, 1.807) is 30.3 Å². The summed E-state index contributed by atoms with van der Waals surface area (Å²) in [6.07, 6.45) is 19.1. The van der Waals surface area contributed by atoms with Crippen LogP contribution in [-0.2, 0) is 6.42 Å². The zero-order valence-corrected chi connectivity index (χ0v) is 25.1. The summed E-state index contributed by atoms with van der Waals surface area (Å²) in [6, 6.07) is 16.1. The van der Waals surface area contributed by atoms with Crippen molar-refractivity contribution < 1.29 is 13.2 Å². The fourth-order valence-corrected chi connectivity index (χ4v) is 6.15. The first-order valence-corrected chi connectivity index (χ1v) is 16.1. The third kappa shape index (κ3) is 8.60. The van der Waals surface area contributed by atoms with Crippen LogP contribution in [0.3, 0.4) is 0 Å². The normalized spacial score (nSPS) is 15.2. The summed E-state index contributed by atoms with van der Waals surface area (Å²) in [5.41, 5.74) is 4.77. The molecule has 0 radical (unpaired) electrons. The van der Waals surface area contributed by atoms with Crippen LogP contribution in [0.15, 0.2) is 60.7 Å².